The summed E-state index contributed by atoms with van der Waals surface area (Å²) in [5.41, 5.74) is 0. The number of rotatable bonds is 7. The van der Waals surface area contributed by atoms with Gasteiger partial charge in [-0.1, -0.05) is 20.8 Å². The van der Waals surface area contributed by atoms with Crippen LogP contribution in [-0.2, 0) is 9.59 Å². The Morgan fingerprint density at radius 2 is 1.60 bits per heavy atom. The van der Waals surface area contributed by atoms with E-state index < -0.39 is 0 Å². The number of hydrogen-bond donors (Lipinski definition) is 2. The Kier molecular flexibility index (Phi) is 7.68. The molecule has 0 radical (unpaired) electrons. The molecule has 2 amide bonds. The molecule has 4 heteroatoms. The van der Waals surface area contributed by atoms with Crippen LogP contribution in [0.5, 0.6) is 0 Å². The maximum Gasteiger partial charge on any atom is 0.220 e. The normalized spacial score (nSPS) is 10.1. The molecule has 0 aliphatic heterocycles. The molecule has 0 aromatic heterocycles. The minimum Gasteiger partial charge on any atom is -0.354 e. The molecule has 0 fully saturated rings. The lowest BCUT2D eigenvalue weighted by Gasteiger charge is -2.07. The van der Waals surface area contributed by atoms with Gasteiger partial charge in [0, 0.05) is 25.9 Å². The van der Waals surface area contributed by atoms with Crippen molar-refractivity contribution >= 4 is 11.8 Å². The number of carbonyl (C=O) groups excluding carboxylic acids is 2. The molecule has 0 spiro atoms. The van der Waals surface area contributed by atoms with Crippen molar-refractivity contribution in [2.75, 3.05) is 13.1 Å². The van der Waals surface area contributed by atoms with Gasteiger partial charge in [-0.25, -0.2) is 0 Å². The molecular formula is C11H22N2O2. The standard InChI is InChI=1S/C11H22N2O2/c1-4-5-10(14)12-6-7-13-11(15)8-9(2)3/h9H,4-8H2,1-3H3,(H,12,14)(H,13,15). The van der Waals surface area contributed by atoms with Gasteiger partial charge in [-0.05, 0) is 12.3 Å². The van der Waals surface area contributed by atoms with E-state index in [1.165, 1.54) is 0 Å². The third kappa shape index (κ3) is 9.25. The van der Waals surface area contributed by atoms with E-state index in [1.807, 2.05) is 20.8 Å². The quantitative estimate of drug-likeness (QED) is 0.623. The Bertz CT molecular complexity index is 203. The van der Waals surface area contributed by atoms with Gasteiger partial charge in [-0.2, -0.15) is 0 Å². The molecule has 0 saturated carbocycles. The fourth-order valence-corrected chi connectivity index (χ4v) is 1.16. The van der Waals surface area contributed by atoms with Crippen LogP contribution in [0.1, 0.15) is 40.0 Å². The molecule has 0 aromatic carbocycles. The molecule has 0 aromatic rings. The summed E-state index contributed by atoms with van der Waals surface area (Å²) in [5, 5.41) is 5.50. The van der Waals surface area contributed by atoms with E-state index in [4.69, 9.17) is 0 Å². The molecule has 15 heavy (non-hydrogen) atoms. The van der Waals surface area contributed by atoms with Crippen molar-refractivity contribution in [1.29, 1.82) is 0 Å². The zero-order valence-electron chi connectivity index (χ0n) is 9.93. The Morgan fingerprint density at radius 3 is 2.07 bits per heavy atom. The zero-order chi connectivity index (χ0) is 11.7. The summed E-state index contributed by atoms with van der Waals surface area (Å²) in [7, 11) is 0. The summed E-state index contributed by atoms with van der Waals surface area (Å²) in [4.78, 5) is 22.2. The summed E-state index contributed by atoms with van der Waals surface area (Å²) in [5.74, 6) is 0.477. The third-order valence-electron chi connectivity index (χ3n) is 1.84. The van der Waals surface area contributed by atoms with Gasteiger partial charge in [0.2, 0.25) is 11.8 Å². The second kappa shape index (κ2) is 8.26. The first kappa shape index (κ1) is 13.9. The highest BCUT2D eigenvalue weighted by Crippen LogP contribution is 1.97. The minimum atomic E-state index is 0.0507. The summed E-state index contributed by atoms with van der Waals surface area (Å²) >= 11 is 0. The predicted molar refractivity (Wildman–Crippen MR) is 60.4 cm³/mol. The van der Waals surface area contributed by atoms with E-state index in [2.05, 4.69) is 10.6 Å². The van der Waals surface area contributed by atoms with Crippen LogP contribution in [0.25, 0.3) is 0 Å². The molecule has 0 unspecified atom stereocenters. The lowest BCUT2D eigenvalue weighted by Crippen LogP contribution is -2.34. The van der Waals surface area contributed by atoms with Crippen LogP contribution in [-0.4, -0.2) is 24.9 Å². The maximum absolute atomic E-state index is 11.2. The lowest BCUT2D eigenvalue weighted by molar-refractivity contribution is -0.123. The van der Waals surface area contributed by atoms with Crippen molar-refractivity contribution in [2.45, 2.75) is 40.0 Å². The summed E-state index contributed by atoms with van der Waals surface area (Å²) < 4.78 is 0. The van der Waals surface area contributed by atoms with Gasteiger partial charge >= 0.3 is 0 Å². The van der Waals surface area contributed by atoms with Crippen LogP contribution >= 0.6 is 0 Å². The van der Waals surface area contributed by atoms with Gasteiger partial charge in [-0.3, -0.25) is 9.59 Å². The largest absolute Gasteiger partial charge is 0.354 e. The van der Waals surface area contributed by atoms with E-state index in [9.17, 15) is 9.59 Å². The van der Waals surface area contributed by atoms with Crippen molar-refractivity contribution in [3.63, 3.8) is 0 Å². The van der Waals surface area contributed by atoms with Gasteiger partial charge in [0.05, 0.1) is 0 Å². The minimum absolute atomic E-state index is 0.0507. The van der Waals surface area contributed by atoms with E-state index >= 15 is 0 Å². The van der Waals surface area contributed by atoms with Gasteiger partial charge in [0.15, 0.2) is 0 Å². The Balaban J connectivity index is 3.38. The van der Waals surface area contributed by atoms with E-state index in [0.717, 1.165) is 6.42 Å². The Morgan fingerprint density at radius 1 is 1.07 bits per heavy atom. The fourth-order valence-electron chi connectivity index (χ4n) is 1.16. The highest BCUT2D eigenvalue weighted by molar-refractivity contribution is 5.77. The van der Waals surface area contributed by atoms with E-state index in [-0.39, 0.29) is 11.8 Å². The number of carbonyl (C=O) groups is 2. The summed E-state index contributed by atoms with van der Waals surface area (Å²) in [6, 6.07) is 0. The van der Waals surface area contributed by atoms with Crippen LogP contribution in [0, 0.1) is 5.92 Å². The van der Waals surface area contributed by atoms with Crippen molar-refractivity contribution in [3.05, 3.63) is 0 Å². The fraction of sp³-hybridized carbons (Fsp3) is 0.818. The lowest BCUT2D eigenvalue weighted by atomic mass is 10.1. The summed E-state index contributed by atoms with van der Waals surface area (Å²) in [6.07, 6.45) is 1.95. The van der Waals surface area contributed by atoms with Crippen LogP contribution in [0.15, 0.2) is 0 Å². The maximum atomic E-state index is 11.2. The van der Waals surface area contributed by atoms with E-state index in [0.29, 0.717) is 31.8 Å². The van der Waals surface area contributed by atoms with Gasteiger partial charge in [0.1, 0.15) is 0 Å². The molecule has 0 atom stereocenters. The van der Waals surface area contributed by atoms with Gasteiger partial charge < -0.3 is 10.6 Å². The smallest absolute Gasteiger partial charge is 0.220 e. The Labute approximate surface area is 91.8 Å². The van der Waals surface area contributed by atoms with Crippen LogP contribution < -0.4 is 10.6 Å². The molecule has 0 aliphatic rings. The average molecular weight is 214 g/mol. The molecule has 0 heterocycles. The van der Waals surface area contributed by atoms with Crippen LogP contribution in [0.2, 0.25) is 0 Å². The first-order valence-electron chi connectivity index (χ1n) is 5.59. The highest BCUT2D eigenvalue weighted by atomic mass is 16.2. The molecule has 0 rings (SSSR count). The second-order valence-corrected chi connectivity index (χ2v) is 4.05. The number of nitrogens with one attached hydrogen (secondary N) is 2. The van der Waals surface area contributed by atoms with E-state index in [1.54, 1.807) is 0 Å². The van der Waals surface area contributed by atoms with Crippen molar-refractivity contribution < 1.29 is 9.59 Å². The average Bonchev–Trinajstić information content (AvgIpc) is 2.12. The summed E-state index contributed by atoms with van der Waals surface area (Å²) in [6.45, 7) is 7.00. The second-order valence-electron chi connectivity index (χ2n) is 4.05. The Hall–Kier alpha value is -1.06. The van der Waals surface area contributed by atoms with Crippen LogP contribution in [0.4, 0.5) is 0 Å². The topological polar surface area (TPSA) is 58.2 Å². The van der Waals surface area contributed by atoms with Crippen LogP contribution in [0.3, 0.4) is 0 Å². The SMILES string of the molecule is CCCC(=O)NCCNC(=O)CC(C)C. The molecule has 2 N–H and O–H groups in total. The zero-order valence-corrected chi connectivity index (χ0v) is 9.93. The van der Waals surface area contributed by atoms with Crippen molar-refractivity contribution in [3.8, 4) is 0 Å². The van der Waals surface area contributed by atoms with Crippen molar-refractivity contribution in [1.82, 2.24) is 10.6 Å². The number of amides is 2. The highest BCUT2D eigenvalue weighted by Gasteiger charge is 2.03. The molecule has 0 saturated heterocycles. The van der Waals surface area contributed by atoms with Gasteiger partial charge in [-0.15, -0.1) is 0 Å². The first-order valence-corrected chi connectivity index (χ1v) is 5.59. The molecule has 4 nitrogen and oxygen atoms in total. The number of hydrogen-bond acceptors (Lipinski definition) is 2. The monoisotopic (exact) mass is 214 g/mol. The predicted octanol–water partition coefficient (Wildman–Crippen LogP) is 1.06. The molecule has 0 aliphatic carbocycles. The molecular weight excluding hydrogens is 192 g/mol. The van der Waals surface area contributed by atoms with Crippen molar-refractivity contribution in [2.24, 2.45) is 5.92 Å². The molecule has 88 valence electrons. The third-order valence-corrected chi connectivity index (χ3v) is 1.84. The molecule has 0 bridgehead atoms. The first-order chi connectivity index (χ1) is 7.06. The van der Waals surface area contributed by atoms with Gasteiger partial charge in [0.25, 0.3) is 0 Å².